The van der Waals surface area contributed by atoms with Crippen molar-refractivity contribution in [1.29, 1.82) is 0 Å². The van der Waals surface area contributed by atoms with E-state index in [0.29, 0.717) is 0 Å². The summed E-state index contributed by atoms with van der Waals surface area (Å²) in [6.07, 6.45) is 5.89. The molecule has 0 atom stereocenters. The van der Waals surface area contributed by atoms with Crippen molar-refractivity contribution in [3.63, 3.8) is 0 Å². The highest BCUT2D eigenvalue weighted by Gasteiger charge is 2.12. The molecule has 30 heavy (non-hydrogen) atoms. The standard InChI is InChI=1S/C27H29NOS/c1-21(29)24-10-5-8-22(18-24)14-15-23-9-6-11-25(19-23)26-12-7-13-27(20-26)30-28-16-3-2-4-17-28/h5-13,18-20,29H,1-4,14-17H2. The molecule has 0 aromatic heterocycles. The molecule has 3 heteroatoms. The smallest absolute Gasteiger partial charge is 0.115 e. The number of hydrogen-bond donors (Lipinski definition) is 1. The molecule has 3 aromatic carbocycles. The number of aryl methyl sites for hydroxylation is 2. The Morgan fingerprint density at radius 2 is 1.43 bits per heavy atom. The van der Waals surface area contributed by atoms with Gasteiger partial charge >= 0.3 is 0 Å². The molecule has 0 spiro atoms. The second-order valence-corrected chi connectivity index (χ2v) is 9.13. The zero-order chi connectivity index (χ0) is 20.8. The second kappa shape index (κ2) is 10.0. The van der Waals surface area contributed by atoms with Crippen molar-refractivity contribution in [3.05, 3.63) is 96.1 Å². The van der Waals surface area contributed by atoms with E-state index in [1.54, 1.807) is 0 Å². The lowest BCUT2D eigenvalue weighted by Crippen LogP contribution is -2.22. The Bertz CT molecular complexity index is 1010. The predicted octanol–water partition coefficient (Wildman–Crippen LogP) is 7.16. The molecule has 0 saturated carbocycles. The number of aliphatic hydroxyl groups is 1. The van der Waals surface area contributed by atoms with E-state index in [0.717, 1.165) is 18.4 Å². The fourth-order valence-corrected chi connectivity index (χ4v) is 5.00. The van der Waals surface area contributed by atoms with Crippen molar-refractivity contribution in [2.24, 2.45) is 0 Å². The summed E-state index contributed by atoms with van der Waals surface area (Å²) in [5.41, 5.74) is 5.88. The normalized spacial score (nSPS) is 14.5. The van der Waals surface area contributed by atoms with Crippen LogP contribution in [-0.2, 0) is 12.8 Å². The van der Waals surface area contributed by atoms with Crippen LogP contribution in [0.3, 0.4) is 0 Å². The van der Waals surface area contributed by atoms with Crippen molar-refractivity contribution in [3.8, 4) is 11.1 Å². The van der Waals surface area contributed by atoms with Gasteiger partial charge in [0, 0.05) is 23.5 Å². The molecule has 1 fully saturated rings. The summed E-state index contributed by atoms with van der Waals surface area (Å²) < 4.78 is 2.49. The Balaban J connectivity index is 1.44. The summed E-state index contributed by atoms with van der Waals surface area (Å²) in [5, 5.41) is 9.62. The van der Waals surface area contributed by atoms with Crippen LogP contribution < -0.4 is 0 Å². The van der Waals surface area contributed by atoms with Gasteiger partial charge in [0.15, 0.2) is 0 Å². The fourth-order valence-electron chi connectivity index (χ4n) is 3.94. The Labute approximate surface area is 184 Å². The van der Waals surface area contributed by atoms with Gasteiger partial charge in [-0.2, -0.15) is 0 Å². The van der Waals surface area contributed by atoms with Crippen molar-refractivity contribution in [2.45, 2.75) is 37.0 Å². The average Bonchev–Trinajstić information content (AvgIpc) is 2.79. The van der Waals surface area contributed by atoms with Gasteiger partial charge < -0.3 is 5.11 Å². The van der Waals surface area contributed by atoms with E-state index in [-0.39, 0.29) is 5.76 Å². The quantitative estimate of drug-likeness (QED) is 0.327. The maximum Gasteiger partial charge on any atom is 0.115 e. The van der Waals surface area contributed by atoms with Gasteiger partial charge in [-0.25, -0.2) is 4.31 Å². The zero-order valence-electron chi connectivity index (χ0n) is 17.4. The van der Waals surface area contributed by atoms with Gasteiger partial charge in [-0.1, -0.05) is 67.6 Å². The minimum Gasteiger partial charge on any atom is -0.508 e. The Kier molecular flexibility index (Phi) is 6.93. The molecule has 3 aromatic rings. The predicted molar refractivity (Wildman–Crippen MR) is 129 cm³/mol. The molecule has 1 aliphatic heterocycles. The van der Waals surface area contributed by atoms with Gasteiger partial charge in [0.2, 0.25) is 0 Å². The van der Waals surface area contributed by atoms with Crippen LogP contribution in [-0.4, -0.2) is 22.5 Å². The average molecular weight is 416 g/mol. The molecule has 2 nitrogen and oxygen atoms in total. The van der Waals surface area contributed by atoms with E-state index in [9.17, 15) is 5.11 Å². The molecular formula is C27H29NOS. The molecule has 4 rings (SSSR count). The largest absolute Gasteiger partial charge is 0.508 e. The summed E-state index contributed by atoms with van der Waals surface area (Å²) >= 11 is 1.89. The second-order valence-electron chi connectivity index (χ2n) is 7.96. The van der Waals surface area contributed by atoms with Gasteiger partial charge in [0.25, 0.3) is 0 Å². The lowest BCUT2D eigenvalue weighted by Gasteiger charge is -2.25. The molecule has 0 unspecified atom stereocenters. The van der Waals surface area contributed by atoms with Crippen molar-refractivity contribution < 1.29 is 5.11 Å². The molecule has 0 radical (unpaired) electrons. The summed E-state index contributed by atoms with van der Waals surface area (Å²) in [6, 6.07) is 25.8. The van der Waals surface area contributed by atoms with E-state index in [2.05, 4.69) is 65.5 Å². The maximum atomic E-state index is 9.62. The van der Waals surface area contributed by atoms with Crippen molar-refractivity contribution in [1.82, 2.24) is 4.31 Å². The Hall–Kier alpha value is -2.49. The molecular weight excluding hydrogens is 386 g/mol. The van der Waals surface area contributed by atoms with E-state index < -0.39 is 0 Å². The van der Waals surface area contributed by atoms with E-state index in [1.165, 1.54) is 59.5 Å². The number of rotatable bonds is 7. The van der Waals surface area contributed by atoms with Crippen LogP contribution >= 0.6 is 11.9 Å². The van der Waals surface area contributed by atoms with Gasteiger partial charge in [-0.3, -0.25) is 0 Å². The third-order valence-corrected chi connectivity index (χ3v) is 6.69. The molecule has 1 aliphatic rings. The Morgan fingerprint density at radius 3 is 2.17 bits per heavy atom. The molecule has 1 heterocycles. The van der Waals surface area contributed by atoms with Crippen LogP contribution in [0.25, 0.3) is 16.9 Å². The van der Waals surface area contributed by atoms with Crippen molar-refractivity contribution in [2.75, 3.05) is 13.1 Å². The van der Waals surface area contributed by atoms with E-state index in [4.69, 9.17) is 0 Å². The first-order valence-corrected chi connectivity index (χ1v) is 11.5. The molecule has 0 aliphatic carbocycles. The summed E-state index contributed by atoms with van der Waals surface area (Å²) in [6.45, 7) is 6.00. The highest BCUT2D eigenvalue weighted by molar-refractivity contribution is 7.97. The van der Waals surface area contributed by atoms with Gasteiger partial charge in [-0.15, -0.1) is 0 Å². The van der Waals surface area contributed by atoms with E-state index in [1.807, 2.05) is 30.1 Å². The molecule has 0 bridgehead atoms. The highest BCUT2D eigenvalue weighted by atomic mass is 32.2. The van der Waals surface area contributed by atoms with Crippen LogP contribution in [0.4, 0.5) is 0 Å². The van der Waals surface area contributed by atoms with Crippen LogP contribution in [0.5, 0.6) is 0 Å². The first kappa shape index (κ1) is 20.8. The number of benzene rings is 3. The number of hydrogen-bond acceptors (Lipinski definition) is 3. The first-order chi connectivity index (χ1) is 14.7. The third-order valence-electron chi connectivity index (χ3n) is 5.61. The molecule has 1 saturated heterocycles. The van der Waals surface area contributed by atoms with Crippen LogP contribution in [0.15, 0.2) is 84.3 Å². The van der Waals surface area contributed by atoms with Gasteiger partial charge in [0.1, 0.15) is 5.76 Å². The first-order valence-electron chi connectivity index (χ1n) is 10.8. The highest BCUT2D eigenvalue weighted by Crippen LogP contribution is 2.30. The minimum atomic E-state index is 0.126. The molecule has 1 N–H and O–H groups in total. The van der Waals surface area contributed by atoms with Gasteiger partial charge in [0.05, 0.1) is 0 Å². The minimum absolute atomic E-state index is 0.126. The van der Waals surface area contributed by atoms with Crippen LogP contribution in [0.2, 0.25) is 0 Å². The van der Waals surface area contributed by atoms with Crippen molar-refractivity contribution >= 4 is 17.7 Å². The summed E-state index contributed by atoms with van der Waals surface area (Å²) in [5.74, 6) is 0.126. The topological polar surface area (TPSA) is 23.5 Å². The van der Waals surface area contributed by atoms with E-state index >= 15 is 0 Å². The monoisotopic (exact) mass is 415 g/mol. The fraction of sp³-hybridized carbons (Fsp3) is 0.259. The lowest BCUT2D eigenvalue weighted by atomic mass is 9.98. The summed E-state index contributed by atoms with van der Waals surface area (Å²) in [4.78, 5) is 1.32. The lowest BCUT2D eigenvalue weighted by molar-refractivity contribution is 0.380. The zero-order valence-corrected chi connectivity index (χ0v) is 18.2. The number of piperidine rings is 1. The maximum absolute atomic E-state index is 9.62. The molecule has 154 valence electrons. The SMILES string of the molecule is C=C(O)c1cccc(CCc2cccc(-c3cccc(SN4CCCCC4)c3)c2)c1. The van der Waals surface area contributed by atoms with Crippen LogP contribution in [0.1, 0.15) is 36.0 Å². The Morgan fingerprint density at radius 1 is 0.800 bits per heavy atom. The number of aliphatic hydroxyl groups excluding tert-OH is 1. The third kappa shape index (κ3) is 5.56. The number of nitrogens with zero attached hydrogens (tertiary/aromatic N) is 1. The van der Waals surface area contributed by atoms with Crippen LogP contribution in [0, 0.1) is 0 Å². The molecule has 0 amide bonds. The summed E-state index contributed by atoms with van der Waals surface area (Å²) in [7, 11) is 0. The van der Waals surface area contributed by atoms with Gasteiger partial charge in [-0.05, 0) is 78.1 Å².